The van der Waals surface area contributed by atoms with Gasteiger partial charge < -0.3 is 19.2 Å². The summed E-state index contributed by atoms with van der Waals surface area (Å²) in [4.78, 5) is 19.4. The fraction of sp³-hybridized carbons (Fsp3) is 0.636. The van der Waals surface area contributed by atoms with Gasteiger partial charge in [0.2, 0.25) is 0 Å². The molecule has 1 amide bonds. The van der Waals surface area contributed by atoms with Crippen LogP contribution in [0.3, 0.4) is 0 Å². The van der Waals surface area contributed by atoms with Gasteiger partial charge >= 0.3 is 0 Å². The highest BCUT2D eigenvalue weighted by Gasteiger charge is 2.29. The van der Waals surface area contributed by atoms with Crippen LogP contribution in [0.15, 0.2) is 16.7 Å². The van der Waals surface area contributed by atoms with E-state index in [2.05, 4.69) is 37.3 Å². The zero-order valence-electron chi connectivity index (χ0n) is 17.6. The SMILES string of the molecule is O=C(c1noc2c1CCCC2)N1CCN(c2ccc(N3CCCCCC3)nn2)CC1. The van der Waals surface area contributed by atoms with E-state index in [1.165, 1.54) is 25.7 Å². The molecule has 4 heterocycles. The molecule has 2 aliphatic heterocycles. The molecule has 8 heteroatoms. The third-order valence-electron chi connectivity index (χ3n) is 6.61. The highest BCUT2D eigenvalue weighted by atomic mass is 16.5. The molecule has 2 fully saturated rings. The van der Waals surface area contributed by atoms with Gasteiger partial charge in [0.05, 0.1) is 0 Å². The zero-order chi connectivity index (χ0) is 20.3. The van der Waals surface area contributed by atoms with Crippen LogP contribution in [0.4, 0.5) is 11.6 Å². The normalized spacial score (nSPS) is 20.1. The fourth-order valence-electron chi connectivity index (χ4n) is 4.80. The topological polar surface area (TPSA) is 78.6 Å². The minimum atomic E-state index is 0.00384. The number of carbonyl (C=O) groups excluding carboxylic acids is 1. The minimum absolute atomic E-state index is 0.00384. The number of rotatable bonds is 3. The lowest BCUT2D eigenvalue weighted by Gasteiger charge is -2.35. The van der Waals surface area contributed by atoms with Crippen LogP contribution in [0.1, 0.15) is 60.3 Å². The number of amides is 1. The largest absolute Gasteiger partial charge is 0.360 e. The number of aromatic nitrogens is 3. The standard InChI is InChI=1S/C22H30N6O2/c29-22(21-17-7-3-4-8-18(17)30-25-21)28-15-13-27(14-16-28)20-10-9-19(23-24-20)26-11-5-1-2-6-12-26/h9-10H,1-8,11-16H2. The second-order valence-electron chi connectivity index (χ2n) is 8.57. The molecule has 0 bridgehead atoms. The first-order chi connectivity index (χ1) is 14.8. The van der Waals surface area contributed by atoms with Crippen LogP contribution in [0.2, 0.25) is 0 Å². The monoisotopic (exact) mass is 410 g/mol. The van der Waals surface area contributed by atoms with E-state index in [0.717, 1.165) is 74.8 Å². The predicted octanol–water partition coefficient (Wildman–Crippen LogP) is 2.69. The molecule has 8 nitrogen and oxygen atoms in total. The van der Waals surface area contributed by atoms with Gasteiger partial charge in [-0.15, -0.1) is 10.2 Å². The molecule has 0 N–H and O–H groups in total. The summed E-state index contributed by atoms with van der Waals surface area (Å²) in [5.41, 5.74) is 1.56. The van der Waals surface area contributed by atoms with E-state index in [1.807, 2.05) is 4.90 Å². The number of aryl methyl sites for hydroxylation is 1. The van der Waals surface area contributed by atoms with Crippen LogP contribution in [-0.4, -0.2) is 65.4 Å². The first kappa shape index (κ1) is 19.3. The van der Waals surface area contributed by atoms with Gasteiger partial charge in [-0.25, -0.2) is 0 Å². The first-order valence-electron chi connectivity index (χ1n) is 11.4. The van der Waals surface area contributed by atoms with Gasteiger partial charge in [-0.2, -0.15) is 0 Å². The Morgan fingerprint density at radius 1 is 0.767 bits per heavy atom. The Bertz CT molecular complexity index is 864. The smallest absolute Gasteiger partial charge is 0.276 e. The van der Waals surface area contributed by atoms with Crippen LogP contribution in [-0.2, 0) is 12.8 Å². The summed E-state index contributed by atoms with van der Waals surface area (Å²) in [5.74, 6) is 2.77. The quantitative estimate of drug-likeness (QED) is 0.770. The number of fused-ring (bicyclic) bond motifs is 1. The highest BCUT2D eigenvalue weighted by Crippen LogP contribution is 2.26. The van der Waals surface area contributed by atoms with Gasteiger partial charge in [-0.05, 0) is 44.2 Å². The molecule has 160 valence electrons. The number of carbonyl (C=O) groups is 1. The summed E-state index contributed by atoms with van der Waals surface area (Å²) in [6.07, 6.45) is 9.10. The first-order valence-corrected chi connectivity index (χ1v) is 11.4. The fourth-order valence-corrected chi connectivity index (χ4v) is 4.80. The number of hydrogen-bond donors (Lipinski definition) is 0. The molecular formula is C22H30N6O2. The molecule has 0 spiro atoms. The number of piperazine rings is 1. The van der Waals surface area contributed by atoms with Crippen LogP contribution in [0, 0.1) is 0 Å². The third-order valence-corrected chi connectivity index (χ3v) is 6.61. The van der Waals surface area contributed by atoms with E-state index >= 15 is 0 Å². The van der Waals surface area contributed by atoms with Gasteiger partial charge in [-0.3, -0.25) is 4.79 Å². The van der Waals surface area contributed by atoms with Crippen molar-refractivity contribution in [3.8, 4) is 0 Å². The Morgan fingerprint density at radius 3 is 2.07 bits per heavy atom. The molecule has 3 aliphatic rings. The molecule has 0 aromatic carbocycles. The molecule has 0 unspecified atom stereocenters. The predicted molar refractivity (Wildman–Crippen MR) is 114 cm³/mol. The van der Waals surface area contributed by atoms with Gasteiger partial charge in [0.15, 0.2) is 17.3 Å². The van der Waals surface area contributed by atoms with E-state index in [-0.39, 0.29) is 5.91 Å². The maximum atomic E-state index is 13.0. The number of hydrogen-bond acceptors (Lipinski definition) is 7. The van der Waals surface area contributed by atoms with Crippen LogP contribution >= 0.6 is 0 Å². The van der Waals surface area contributed by atoms with E-state index in [0.29, 0.717) is 18.8 Å². The molecule has 0 radical (unpaired) electrons. The van der Waals surface area contributed by atoms with Crippen molar-refractivity contribution in [2.45, 2.75) is 51.4 Å². The average molecular weight is 411 g/mol. The van der Waals surface area contributed by atoms with Crippen LogP contribution in [0.5, 0.6) is 0 Å². The average Bonchev–Trinajstić information content (AvgIpc) is 3.05. The molecule has 5 rings (SSSR count). The van der Waals surface area contributed by atoms with Gasteiger partial charge in [0.25, 0.3) is 5.91 Å². The van der Waals surface area contributed by atoms with Crippen molar-refractivity contribution >= 4 is 17.5 Å². The van der Waals surface area contributed by atoms with Crippen molar-refractivity contribution in [2.75, 3.05) is 49.1 Å². The summed E-state index contributed by atoms with van der Waals surface area (Å²) < 4.78 is 5.43. The Hall–Kier alpha value is -2.64. The van der Waals surface area contributed by atoms with E-state index < -0.39 is 0 Å². The Morgan fingerprint density at radius 2 is 1.40 bits per heavy atom. The second-order valence-corrected chi connectivity index (χ2v) is 8.57. The number of nitrogens with zero attached hydrogens (tertiary/aromatic N) is 6. The molecule has 2 aromatic heterocycles. The molecular weight excluding hydrogens is 380 g/mol. The van der Waals surface area contributed by atoms with E-state index in [1.54, 1.807) is 0 Å². The number of anilines is 2. The van der Waals surface area contributed by atoms with Crippen molar-refractivity contribution in [1.29, 1.82) is 0 Å². The Labute approximate surface area is 177 Å². The summed E-state index contributed by atoms with van der Waals surface area (Å²) in [6.45, 7) is 4.97. The maximum Gasteiger partial charge on any atom is 0.276 e. The second kappa shape index (κ2) is 8.62. The van der Waals surface area contributed by atoms with E-state index in [9.17, 15) is 4.79 Å². The molecule has 0 saturated carbocycles. The molecule has 0 atom stereocenters. The third kappa shape index (κ3) is 3.87. The molecule has 2 aromatic rings. The molecule has 2 saturated heterocycles. The van der Waals surface area contributed by atoms with Crippen molar-refractivity contribution in [1.82, 2.24) is 20.3 Å². The Kier molecular flexibility index (Phi) is 5.55. The van der Waals surface area contributed by atoms with Crippen molar-refractivity contribution < 1.29 is 9.32 Å². The lowest BCUT2D eigenvalue weighted by molar-refractivity contribution is 0.0735. The summed E-state index contributed by atoms with van der Waals surface area (Å²) in [7, 11) is 0. The van der Waals surface area contributed by atoms with Crippen LogP contribution in [0.25, 0.3) is 0 Å². The maximum absolute atomic E-state index is 13.0. The zero-order valence-corrected chi connectivity index (χ0v) is 17.6. The summed E-state index contributed by atoms with van der Waals surface area (Å²) in [6, 6.07) is 4.16. The molecule has 30 heavy (non-hydrogen) atoms. The summed E-state index contributed by atoms with van der Waals surface area (Å²) >= 11 is 0. The Balaban J connectivity index is 1.19. The summed E-state index contributed by atoms with van der Waals surface area (Å²) in [5, 5.41) is 13.1. The van der Waals surface area contributed by atoms with Crippen molar-refractivity contribution in [3.05, 3.63) is 29.2 Å². The van der Waals surface area contributed by atoms with Gasteiger partial charge in [-0.1, -0.05) is 18.0 Å². The van der Waals surface area contributed by atoms with Gasteiger partial charge in [0.1, 0.15) is 5.76 Å². The van der Waals surface area contributed by atoms with Crippen molar-refractivity contribution in [2.24, 2.45) is 0 Å². The lowest BCUT2D eigenvalue weighted by atomic mass is 9.96. The highest BCUT2D eigenvalue weighted by molar-refractivity contribution is 5.94. The lowest BCUT2D eigenvalue weighted by Crippen LogP contribution is -2.49. The molecule has 1 aliphatic carbocycles. The van der Waals surface area contributed by atoms with E-state index in [4.69, 9.17) is 4.52 Å². The van der Waals surface area contributed by atoms with Crippen LogP contribution < -0.4 is 9.80 Å². The minimum Gasteiger partial charge on any atom is -0.360 e. The van der Waals surface area contributed by atoms with Crippen molar-refractivity contribution in [3.63, 3.8) is 0 Å². The van der Waals surface area contributed by atoms with Gasteiger partial charge in [0, 0.05) is 51.3 Å².